The molecular formula is C84H56F2N4O11S6. The van der Waals surface area contributed by atoms with Gasteiger partial charge in [-0.15, -0.1) is 0 Å². The summed E-state index contributed by atoms with van der Waals surface area (Å²) in [4.78, 5) is 26.4. The Labute approximate surface area is 644 Å². The van der Waals surface area contributed by atoms with Gasteiger partial charge in [0.2, 0.25) is 0 Å². The Morgan fingerprint density at radius 3 is 1.89 bits per heavy atom. The molecule has 1 atom stereocenters. The number of ether oxygens (including phenoxy) is 5. The standard InChI is InChI=1S/C84H56F2N4O11S6/c1-44-37-55(103)24-28-63(44)98-83-61(43-102)77(52-18-22-54(23-19-52)89(92)93)84(80(91)78(83)67-32-36-74(97-67)90(94)95)100-65-30-34-71(105)76(47(65)4)59-15-9-13-53(42-88)82(59)99-64-29-33-70(104)75(46(64)3)58-27-17-49(41-87)39-69(58)96-66-31-35-73(107-56-25-20-51(21-26-56)50-11-7-6-8-12-50)81(48(66)5)101-68-40-60(72(106)38-45(68)2)57-14-10-16-62(85)79(57)86/h6-23,25-32,35-40,43,60,91H,24,33-34H2,1-5H3. The zero-order valence-electron chi connectivity index (χ0n) is 57.3. The van der Waals surface area contributed by atoms with Crippen LogP contribution in [0.4, 0.5) is 20.4 Å². The number of non-ortho nitro benzene ring substituents is 1. The molecule has 9 aromatic rings. The minimum absolute atomic E-state index is 0.0528. The lowest BCUT2D eigenvalue weighted by atomic mass is 9.88. The molecule has 15 nitrogen and oxygen atoms in total. The lowest BCUT2D eigenvalue weighted by Gasteiger charge is -2.27. The number of aromatic hydroxyl groups is 1. The van der Waals surface area contributed by atoms with Gasteiger partial charge in [0.05, 0.1) is 33.1 Å². The third kappa shape index (κ3) is 14.9. The molecule has 1 aromatic heterocycles. The highest BCUT2D eigenvalue weighted by atomic mass is 32.2. The number of allylic oxidation sites excluding steroid dienone is 12. The smallest absolute Gasteiger partial charge is 0.433 e. The van der Waals surface area contributed by atoms with Crippen molar-refractivity contribution in [3.05, 3.63) is 310 Å². The fourth-order valence-electron chi connectivity index (χ4n) is 12.9. The van der Waals surface area contributed by atoms with Crippen molar-refractivity contribution in [1.82, 2.24) is 0 Å². The van der Waals surface area contributed by atoms with Gasteiger partial charge in [0.15, 0.2) is 34.6 Å². The fourth-order valence-corrected chi connectivity index (χ4v) is 15.4. The molecule has 528 valence electrons. The van der Waals surface area contributed by atoms with E-state index in [1.54, 1.807) is 92.8 Å². The second-order valence-electron chi connectivity index (χ2n) is 25.0. The van der Waals surface area contributed by atoms with Crippen LogP contribution in [0.3, 0.4) is 0 Å². The second-order valence-corrected chi connectivity index (χ2v) is 28.3. The Hall–Kier alpha value is -11.8. The van der Waals surface area contributed by atoms with E-state index in [0.29, 0.717) is 110 Å². The molecule has 0 radical (unpaired) electrons. The van der Waals surface area contributed by atoms with Crippen LogP contribution >= 0.6 is 72.9 Å². The number of phenols is 1. The summed E-state index contributed by atoms with van der Waals surface area (Å²) in [6, 6.07) is 48.2. The molecule has 23 heteroatoms. The van der Waals surface area contributed by atoms with E-state index in [4.69, 9.17) is 89.2 Å². The molecule has 1 unspecified atom stereocenters. The van der Waals surface area contributed by atoms with Crippen molar-refractivity contribution in [3.63, 3.8) is 0 Å². The van der Waals surface area contributed by atoms with E-state index < -0.39 is 39.0 Å². The number of nitro benzene ring substituents is 1. The number of thiocarbonyl (C=S) groups is 5. The minimum Gasteiger partial charge on any atom is -0.504 e. The molecule has 0 aliphatic heterocycles. The highest BCUT2D eigenvalue weighted by Gasteiger charge is 2.35. The van der Waals surface area contributed by atoms with Gasteiger partial charge in [-0.1, -0.05) is 140 Å². The first-order valence-corrected chi connectivity index (χ1v) is 36.0. The lowest BCUT2D eigenvalue weighted by Crippen LogP contribution is -2.16. The Balaban J connectivity index is 0.879. The molecule has 107 heavy (non-hydrogen) atoms. The van der Waals surface area contributed by atoms with Crippen LogP contribution < -0.4 is 23.7 Å². The number of halogens is 2. The van der Waals surface area contributed by atoms with E-state index in [1.807, 2.05) is 81.4 Å². The van der Waals surface area contributed by atoms with Crippen molar-refractivity contribution in [2.75, 3.05) is 0 Å². The van der Waals surface area contributed by atoms with Crippen molar-refractivity contribution in [1.29, 1.82) is 10.5 Å². The summed E-state index contributed by atoms with van der Waals surface area (Å²) < 4.78 is 70.7. The number of nitro groups is 2. The summed E-state index contributed by atoms with van der Waals surface area (Å²) in [6.45, 7) is 8.98. The van der Waals surface area contributed by atoms with E-state index >= 15 is 4.39 Å². The molecule has 1 heterocycles. The Bertz CT molecular complexity index is 5740. The van der Waals surface area contributed by atoms with Crippen LogP contribution in [-0.2, 0) is 0 Å². The van der Waals surface area contributed by atoms with Crippen LogP contribution in [0.1, 0.15) is 91.8 Å². The van der Waals surface area contributed by atoms with Crippen molar-refractivity contribution in [2.24, 2.45) is 0 Å². The molecule has 0 fully saturated rings. The zero-order valence-corrected chi connectivity index (χ0v) is 62.2. The molecule has 8 aromatic carbocycles. The van der Waals surface area contributed by atoms with Crippen LogP contribution in [0.15, 0.2) is 254 Å². The molecule has 1 N–H and O–H groups in total. The Morgan fingerprint density at radius 1 is 0.598 bits per heavy atom. The third-order valence-electron chi connectivity index (χ3n) is 18.2. The van der Waals surface area contributed by atoms with Gasteiger partial charge >= 0.3 is 5.88 Å². The predicted molar refractivity (Wildman–Crippen MR) is 428 cm³/mol. The molecule has 0 spiro atoms. The SMILES string of the molecule is CC1=CC(=S)C(c2cccc(F)c2F)C=C1Oc1c(Sc2ccc(-c3ccccc3)cc2)ccc(Oc2cc(C#N)ccc2C2=C(C)C(Oc3c(C#N)cccc3C3=C(C)C(Oc4c(O)c(-c5ccc([N+](=O)[O-])o5)c(OC5=CCC(=S)C=C5C)c(C=S)c4-c4ccc([N+](=O)[O-])cc4)=CCC3=S)=CCC2=S)c1C. The topological polar surface area (TPSA) is 213 Å². The van der Waals surface area contributed by atoms with Crippen molar-refractivity contribution >= 4 is 120 Å². The van der Waals surface area contributed by atoms with E-state index in [9.17, 15) is 40.2 Å². The van der Waals surface area contributed by atoms with Gasteiger partial charge < -0.3 is 33.2 Å². The van der Waals surface area contributed by atoms with E-state index in [0.717, 1.165) is 28.2 Å². The first kappa shape index (κ1) is 73.5. The average Bonchev–Trinajstić information content (AvgIpc) is 1.57. The lowest BCUT2D eigenvalue weighted by molar-refractivity contribution is -0.401. The molecule has 0 amide bonds. The summed E-state index contributed by atoms with van der Waals surface area (Å²) in [5.41, 5.74) is 7.22. The van der Waals surface area contributed by atoms with Crippen molar-refractivity contribution < 1.29 is 51.8 Å². The maximum absolute atomic E-state index is 15.5. The first-order valence-electron chi connectivity index (χ1n) is 33.0. The maximum Gasteiger partial charge on any atom is 0.433 e. The number of hydrogen-bond donors (Lipinski definition) is 1. The number of rotatable bonds is 21. The first-order chi connectivity index (χ1) is 51.5. The molecule has 4 aliphatic carbocycles. The van der Waals surface area contributed by atoms with Crippen LogP contribution in [0, 0.1) is 61.4 Å². The molecule has 0 saturated heterocycles. The summed E-state index contributed by atoms with van der Waals surface area (Å²) in [5, 5.41) is 59.8. The van der Waals surface area contributed by atoms with E-state index in [1.165, 1.54) is 59.6 Å². The van der Waals surface area contributed by atoms with Crippen LogP contribution in [-0.4, -0.2) is 39.8 Å². The van der Waals surface area contributed by atoms with Crippen LogP contribution in [0.25, 0.3) is 44.7 Å². The summed E-state index contributed by atoms with van der Waals surface area (Å²) in [6.07, 6.45) is 11.0. The maximum atomic E-state index is 15.5. The van der Waals surface area contributed by atoms with Gasteiger partial charge in [0.25, 0.3) is 5.69 Å². The monoisotopic (exact) mass is 1530 g/mol. The molecule has 13 rings (SSSR count). The van der Waals surface area contributed by atoms with E-state index in [-0.39, 0.29) is 92.0 Å². The van der Waals surface area contributed by atoms with Gasteiger partial charge in [-0.3, -0.25) is 20.2 Å². The largest absolute Gasteiger partial charge is 0.504 e. The quantitative estimate of drug-likeness (QED) is 0.0402. The van der Waals surface area contributed by atoms with Crippen molar-refractivity contribution in [3.8, 4) is 86.0 Å². The summed E-state index contributed by atoms with van der Waals surface area (Å²) >= 11 is 30.9. The normalized spacial score (nSPS) is 15.1. The van der Waals surface area contributed by atoms with Gasteiger partial charge in [-0.2, -0.15) is 10.5 Å². The minimum atomic E-state index is -1.02. The van der Waals surface area contributed by atoms with Gasteiger partial charge in [0, 0.05) is 123 Å². The second kappa shape index (κ2) is 31.1. The number of phenolic OH excluding ortho intramolecular Hbond substituents is 1. The summed E-state index contributed by atoms with van der Waals surface area (Å²) in [5.74, 6) is -2.43. The number of furan rings is 1. The van der Waals surface area contributed by atoms with E-state index in [2.05, 4.69) is 12.1 Å². The Kier molecular flexibility index (Phi) is 21.4. The zero-order chi connectivity index (χ0) is 75.6. The number of nitriles is 2. The predicted octanol–water partition coefficient (Wildman–Crippen LogP) is 22.8. The van der Waals surface area contributed by atoms with Gasteiger partial charge in [-0.25, -0.2) is 8.78 Å². The third-order valence-corrected chi connectivity index (χ3v) is 20.9. The molecule has 4 aliphatic rings. The molecule has 0 saturated carbocycles. The molecule has 0 bridgehead atoms. The Morgan fingerprint density at radius 2 is 1.23 bits per heavy atom. The number of benzene rings is 8. The number of nitrogens with zero attached hydrogens (tertiary/aromatic N) is 4. The van der Waals surface area contributed by atoms with Crippen LogP contribution in [0.2, 0.25) is 0 Å². The number of para-hydroxylation sites is 1. The van der Waals surface area contributed by atoms with Gasteiger partial charge in [0.1, 0.15) is 62.6 Å². The summed E-state index contributed by atoms with van der Waals surface area (Å²) in [7, 11) is 0. The fraction of sp³-hybridized carbons (Fsp3) is 0.107. The van der Waals surface area contributed by atoms with Crippen molar-refractivity contribution in [2.45, 2.75) is 69.6 Å². The average molecular weight is 1530 g/mol. The highest BCUT2D eigenvalue weighted by Crippen LogP contribution is 2.56. The molecular weight excluding hydrogens is 1470 g/mol. The highest BCUT2D eigenvalue weighted by molar-refractivity contribution is 7.99. The van der Waals surface area contributed by atoms with Gasteiger partial charge in [-0.05, 0) is 172 Å². The van der Waals surface area contributed by atoms with Crippen LogP contribution in [0.5, 0.6) is 40.2 Å². The number of hydrogen-bond acceptors (Lipinski definition) is 19.